The lowest BCUT2D eigenvalue weighted by atomic mass is 9.95. The molecule has 1 aromatic heterocycles. The summed E-state index contributed by atoms with van der Waals surface area (Å²) < 4.78 is 2.14. The second kappa shape index (κ2) is 5.00. The van der Waals surface area contributed by atoms with Crippen molar-refractivity contribution in [2.75, 3.05) is 0 Å². The van der Waals surface area contributed by atoms with Gasteiger partial charge in [0.25, 0.3) is 0 Å². The second-order valence-corrected chi connectivity index (χ2v) is 5.32. The number of hydrogen-bond donors (Lipinski definition) is 1. The predicted octanol–water partition coefficient (Wildman–Crippen LogP) is 3.04. The smallest absolute Gasteiger partial charge is 0.0537 e. The fourth-order valence-electron chi connectivity index (χ4n) is 2.46. The van der Waals surface area contributed by atoms with Gasteiger partial charge in [-0.2, -0.15) is 5.10 Å². The molecular formula is C13H23N3. The second-order valence-electron chi connectivity index (χ2n) is 5.32. The van der Waals surface area contributed by atoms with E-state index >= 15 is 0 Å². The van der Waals surface area contributed by atoms with Gasteiger partial charge in [-0.15, -0.1) is 0 Å². The van der Waals surface area contributed by atoms with Crippen LogP contribution in [0.1, 0.15) is 63.6 Å². The summed E-state index contributed by atoms with van der Waals surface area (Å²) in [5.74, 6) is 0.476. The zero-order chi connectivity index (χ0) is 11.5. The Hall–Kier alpha value is -0.830. The zero-order valence-corrected chi connectivity index (χ0v) is 10.4. The van der Waals surface area contributed by atoms with Crippen molar-refractivity contribution in [2.45, 2.75) is 58.0 Å². The normalized spacial score (nSPS) is 20.2. The van der Waals surface area contributed by atoms with E-state index in [4.69, 9.17) is 5.73 Å². The van der Waals surface area contributed by atoms with Crippen molar-refractivity contribution in [2.24, 2.45) is 11.7 Å². The van der Waals surface area contributed by atoms with Crippen LogP contribution in [0.2, 0.25) is 0 Å². The molecule has 0 amide bonds. The minimum absolute atomic E-state index is 0.123. The molecule has 0 saturated heterocycles. The van der Waals surface area contributed by atoms with E-state index in [2.05, 4.69) is 29.8 Å². The molecule has 1 saturated carbocycles. The fourth-order valence-corrected chi connectivity index (χ4v) is 2.46. The molecular weight excluding hydrogens is 198 g/mol. The molecule has 1 heterocycles. The molecule has 0 bridgehead atoms. The van der Waals surface area contributed by atoms with E-state index in [1.165, 1.54) is 37.7 Å². The van der Waals surface area contributed by atoms with Crippen molar-refractivity contribution in [1.29, 1.82) is 0 Å². The molecule has 0 aliphatic heterocycles. The Morgan fingerprint density at radius 3 is 2.62 bits per heavy atom. The molecule has 1 aliphatic rings. The van der Waals surface area contributed by atoms with Crippen molar-refractivity contribution in [3.8, 4) is 0 Å². The Bertz CT molecular complexity index is 324. The molecule has 1 atom stereocenters. The van der Waals surface area contributed by atoms with Crippen molar-refractivity contribution in [3.63, 3.8) is 0 Å². The molecule has 0 aromatic carbocycles. The van der Waals surface area contributed by atoms with Gasteiger partial charge in [-0.25, -0.2) is 0 Å². The van der Waals surface area contributed by atoms with E-state index in [1.54, 1.807) is 0 Å². The highest BCUT2D eigenvalue weighted by molar-refractivity contribution is 5.10. The van der Waals surface area contributed by atoms with E-state index in [1.807, 2.05) is 6.20 Å². The number of aromatic nitrogens is 2. The molecule has 1 aromatic rings. The van der Waals surface area contributed by atoms with Crippen LogP contribution in [-0.2, 0) is 0 Å². The number of rotatable bonds is 3. The molecule has 0 radical (unpaired) electrons. The molecule has 2 rings (SSSR count). The summed E-state index contributed by atoms with van der Waals surface area (Å²) in [7, 11) is 0. The molecule has 1 fully saturated rings. The van der Waals surface area contributed by atoms with Crippen LogP contribution in [0, 0.1) is 5.92 Å². The maximum Gasteiger partial charge on any atom is 0.0537 e. The Labute approximate surface area is 98.0 Å². The van der Waals surface area contributed by atoms with Crippen LogP contribution in [-0.4, -0.2) is 9.78 Å². The van der Waals surface area contributed by atoms with Gasteiger partial charge in [0.2, 0.25) is 0 Å². The van der Waals surface area contributed by atoms with Gasteiger partial charge in [-0.1, -0.05) is 33.1 Å². The predicted molar refractivity (Wildman–Crippen MR) is 66.1 cm³/mol. The van der Waals surface area contributed by atoms with Gasteiger partial charge in [0, 0.05) is 17.8 Å². The number of hydrogen-bond acceptors (Lipinski definition) is 2. The maximum atomic E-state index is 6.13. The van der Waals surface area contributed by atoms with Crippen molar-refractivity contribution >= 4 is 0 Å². The highest BCUT2D eigenvalue weighted by Gasteiger charge is 2.18. The van der Waals surface area contributed by atoms with Gasteiger partial charge in [-0.05, 0) is 18.8 Å². The molecule has 0 spiro atoms. The Balaban J connectivity index is 2.06. The monoisotopic (exact) mass is 221 g/mol. The van der Waals surface area contributed by atoms with Crippen LogP contribution in [0.3, 0.4) is 0 Å². The summed E-state index contributed by atoms with van der Waals surface area (Å²) >= 11 is 0. The van der Waals surface area contributed by atoms with Gasteiger partial charge in [0.1, 0.15) is 0 Å². The lowest BCUT2D eigenvalue weighted by Crippen LogP contribution is -2.16. The first-order valence-electron chi connectivity index (χ1n) is 6.48. The van der Waals surface area contributed by atoms with E-state index in [0.29, 0.717) is 12.0 Å². The third-order valence-corrected chi connectivity index (χ3v) is 3.67. The average molecular weight is 221 g/mol. The van der Waals surface area contributed by atoms with Gasteiger partial charge >= 0.3 is 0 Å². The molecule has 2 N–H and O–H groups in total. The SMILES string of the molecule is CC(C)C(N)c1cnn(C2CCCCC2)c1. The molecule has 90 valence electrons. The summed E-state index contributed by atoms with van der Waals surface area (Å²) in [6, 6.07) is 0.735. The first-order chi connectivity index (χ1) is 7.68. The maximum absolute atomic E-state index is 6.13. The largest absolute Gasteiger partial charge is 0.324 e. The molecule has 16 heavy (non-hydrogen) atoms. The quantitative estimate of drug-likeness (QED) is 0.852. The third-order valence-electron chi connectivity index (χ3n) is 3.67. The van der Waals surface area contributed by atoms with Crippen LogP contribution in [0.5, 0.6) is 0 Å². The third kappa shape index (κ3) is 2.46. The van der Waals surface area contributed by atoms with Gasteiger partial charge < -0.3 is 5.73 Å². The number of nitrogens with two attached hydrogens (primary N) is 1. The Kier molecular flexibility index (Phi) is 3.64. The minimum Gasteiger partial charge on any atom is -0.324 e. The van der Waals surface area contributed by atoms with Crippen LogP contribution in [0.25, 0.3) is 0 Å². The Morgan fingerprint density at radius 2 is 2.00 bits per heavy atom. The van der Waals surface area contributed by atoms with Crippen molar-refractivity contribution in [1.82, 2.24) is 9.78 Å². The van der Waals surface area contributed by atoms with Gasteiger partial charge in [-0.3, -0.25) is 4.68 Å². The molecule has 1 aliphatic carbocycles. The van der Waals surface area contributed by atoms with E-state index in [9.17, 15) is 0 Å². The van der Waals surface area contributed by atoms with Crippen molar-refractivity contribution < 1.29 is 0 Å². The van der Waals surface area contributed by atoms with E-state index in [0.717, 1.165) is 0 Å². The highest BCUT2D eigenvalue weighted by atomic mass is 15.3. The standard InChI is InChI=1S/C13H23N3/c1-10(2)13(14)11-8-15-16(9-11)12-6-4-3-5-7-12/h8-10,12-13H,3-7,14H2,1-2H3. The van der Waals surface area contributed by atoms with Gasteiger partial charge in [0.05, 0.1) is 12.2 Å². The van der Waals surface area contributed by atoms with E-state index in [-0.39, 0.29) is 6.04 Å². The topological polar surface area (TPSA) is 43.8 Å². The summed E-state index contributed by atoms with van der Waals surface area (Å²) in [4.78, 5) is 0. The first kappa shape index (κ1) is 11.6. The summed E-state index contributed by atoms with van der Waals surface area (Å²) in [6.07, 6.45) is 10.7. The summed E-state index contributed by atoms with van der Waals surface area (Å²) in [6.45, 7) is 4.31. The van der Waals surface area contributed by atoms with Crippen molar-refractivity contribution in [3.05, 3.63) is 18.0 Å². The lowest BCUT2D eigenvalue weighted by Gasteiger charge is -2.22. The van der Waals surface area contributed by atoms with Crippen LogP contribution < -0.4 is 5.73 Å². The van der Waals surface area contributed by atoms with Crippen LogP contribution in [0.4, 0.5) is 0 Å². The summed E-state index contributed by atoms with van der Waals surface area (Å²) in [5, 5.41) is 4.48. The van der Waals surface area contributed by atoms with Gasteiger partial charge in [0.15, 0.2) is 0 Å². The number of nitrogens with zero attached hydrogens (tertiary/aromatic N) is 2. The Morgan fingerprint density at radius 1 is 1.31 bits per heavy atom. The highest BCUT2D eigenvalue weighted by Crippen LogP contribution is 2.28. The first-order valence-corrected chi connectivity index (χ1v) is 6.48. The summed E-state index contributed by atoms with van der Waals surface area (Å²) in [5.41, 5.74) is 7.31. The molecule has 3 nitrogen and oxygen atoms in total. The van der Waals surface area contributed by atoms with E-state index < -0.39 is 0 Å². The average Bonchev–Trinajstić information content (AvgIpc) is 2.78. The molecule has 3 heteroatoms. The zero-order valence-electron chi connectivity index (χ0n) is 10.4. The van der Waals surface area contributed by atoms with Crippen LogP contribution in [0.15, 0.2) is 12.4 Å². The lowest BCUT2D eigenvalue weighted by molar-refractivity contribution is 0.329. The minimum atomic E-state index is 0.123. The molecule has 1 unspecified atom stereocenters. The fraction of sp³-hybridized carbons (Fsp3) is 0.769. The van der Waals surface area contributed by atoms with Crippen LogP contribution >= 0.6 is 0 Å².